The maximum Gasteiger partial charge on any atom is 0.247 e. The van der Waals surface area contributed by atoms with Crippen LogP contribution in [0.5, 0.6) is 11.5 Å². The Balaban J connectivity index is 2.50. The third-order valence-corrected chi connectivity index (χ3v) is 6.32. The zero-order chi connectivity index (χ0) is 17.9. The largest absolute Gasteiger partial charge is 0.495 e. The highest BCUT2D eigenvalue weighted by atomic mass is 32.2. The molecule has 1 fully saturated rings. The topological polar surface area (TPSA) is 59.1 Å². The van der Waals surface area contributed by atoms with E-state index in [0.29, 0.717) is 19.5 Å². The molecule has 1 aromatic carbocycles. The van der Waals surface area contributed by atoms with Crippen molar-refractivity contribution in [3.63, 3.8) is 0 Å². The van der Waals surface area contributed by atoms with E-state index < -0.39 is 15.8 Å². The lowest BCUT2D eigenvalue weighted by Gasteiger charge is -2.29. The summed E-state index contributed by atoms with van der Waals surface area (Å²) in [5.41, 5.74) is 0. The van der Waals surface area contributed by atoms with E-state index in [2.05, 4.69) is 4.90 Å². The van der Waals surface area contributed by atoms with Gasteiger partial charge in [0, 0.05) is 31.3 Å². The minimum Gasteiger partial charge on any atom is -0.495 e. The van der Waals surface area contributed by atoms with Crippen molar-refractivity contribution >= 4 is 10.0 Å². The van der Waals surface area contributed by atoms with Crippen molar-refractivity contribution < 1.29 is 22.3 Å². The second-order valence-electron chi connectivity index (χ2n) is 5.93. The highest BCUT2D eigenvalue weighted by molar-refractivity contribution is 7.89. The van der Waals surface area contributed by atoms with Crippen LogP contribution >= 0.6 is 0 Å². The van der Waals surface area contributed by atoms with Crippen LogP contribution < -0.4 is 9.47 Å². The molecule has 1 heterocycles. The molecule has 1 aromatic rings. The fourth-order valence-electron chi connectivity index (χ4n) is 3.03. The van der Waals surface area contributed by atoms with Gasteiger partial charge >= 0.3 is 0 Å². The predicted molar refractivity (Wildman–Crippen MR) is 89.6 cm³/mol. The molecule has 0 aliphatic carbocycles. The average molecular weight is 360 g/mol. The molecule has 1 aliphatic rings. The van der Waals surface area contributed by atoms with Gasteiger partial charge in [0.05, 0.1) is 14.2 Å². The molecule has 0 radical (unpaired) electrons. The van der Waals surface area contributed by atoms with Crippen molar-refractivity contribution in [3.05, 3.63) is 17.9 Å². The van der Waals surface area contributed by atoms with E-state index in [1.54, 1.807) is 0 Å². The van der Waals surface area contributed by atoms with E-state index in [1.165, 1.54) is 24.6 Å². The summed E-state index contributed by atoms with van der Waals surface area (Å²) in [7, 11) is 0.788. The molecule has 0 spiro atoms. The molecule has 1 atom stereocenters. The van der Waals surface area contributed by atoms with Gasteiger partial charge in [-0.3, -0.25) is 0 Å². The molecule has 1 aliphatic heterocycles. The highest BCUT2D eigenvalue weighted by Crippen LogP contribution is 2.34. The first-order valence-electron chi connectivity index (χ1n) is 7.97. The summed E-state index contributed by atoms with van der Waals surface area (Å²) in [6, 6.07) is 2.10. The van der Waals surface area contributed by atoms with E-state index in [0.717, 1.165) is 19.0 Å². The normalized spacial score (nSPS) is 20.6. The van der Waals surface area contributed by atoms with Crippen LogP contribution in [-0.2, 0) is 10.0 Å². The first-order valence-corrected chi connectivity index (χ1v) is 9.41. The zero-order valence-corrected chi connectivity index (χ0v) is 15.4. The molecule has 0 saturated carbocycles. The van der Waals surface area contributed by atoms with Crippen molar-refractivity contribution in [2.45, 2.75) is 30.7 Å². The van der Waals surface area contributed by atoms with E-state index in [9.17, 15) is 12.8 Å². The number of sulfonamides is 1. The smallest absolute Gasteiger partial charge is 0.247 e. The number of benzene rings is 1. The van der Waals surface area contributed by atoms with Gasteiger partial charge in [0.15, 0.2) is 11.6 Å². The summed E-state index contributed by atoms with van der Waals surface area (Å²) in [4.78, 5) is 1.96. The molecule has 8 heteroatoms. The molecule has 24 heavy (non-hydrogen) atoms. The Bertz CT molecular complexity index is 681. The second-order valence-corrected chi connectivity index (χ2v) is 7.79. The van der Waals surface area contributed by atoms with Crippen LogP contribution in [0.15, 0.2) is 17.0 Å². The molecule has 6 nitrogen and oxygen atoms in total. The van der Waals surface area contributed by atoms with Crippen LogP contribution in [0, 0.1) is 5.82 Å². The summed E-state index contributed by atoms with van der Waals surface area (Å²) in [5, 5.41) is 0. The van der Waals surface area contributed by atoms with Crippen molar-refractivity contribution in [1.82, 2.24) is 9.21 Å². The molecular weight excluding hydrogens is 335 g/mol. The summed E-state index contributed by atoms with van der Waals surface area (Å²) >= 11 is 0. The Morgan fingerprint density at radius 1 is 1.21 bits per heavy atom. The lowest BCUT2D eigenvalue weighted by atomic mass is 10.2. The molecule has 0 N–H and O–H groups in total. The first-order chi connectivity index (χ1) is 11.3. The Kier molecular flexibility index (Phi) is 6.06. The summed E-state index contributed by atoms with van der Waals surface area (Å²) in [6.45, 7) is 3.84. The van der Waals surface area contributed by atoms with Crippen molar-refractivity contribution in [2.75, 3.05) is 40.9 Å². The number of likely N-dealkylation sites (N-methyl/N-ethyl adjacent to an activating group) is 1. The second kappa shape index (κ2) is 7.67. The van der Waals surface area contributed by atoms with Gasteiger partial charge in [0.25, 0.3) is 0 Å². The summed E-state index contributed by atoms with van der Waals surface area (Å²) in [6.07, 6.45) is 1.41. The number of hydrogen-bond acceptors (Lipinski definition) is 5. The first kappa shape index (κ1) is 19.0. The van der Waals surface area contributed by atoms with E-state index >= 15 is 0 Å². The van der Waals surface area contributed by atoms with Crippen molar-refractivity contribution in [3.8, 4) is 11.5 Å². The Hall–Kier alpha value is -1.38. The number of halogens is 1. The lowest BCUT2D eigenvalue weighted by molar-refractivity contribution is 0.269. The fourth-order valence-corrected chi connectivity index (χ4v) is 4.91. The Morgan fingerprint density at radius 3 is 2.46 bits per heavy atom. The number of ether oxygens (including phenoxy) is 2. The van der Waals surface area contributed by atoms with Gasteiger partial charge in [-0.1, -0.05) is 6.92 Å². The molecule has 2 rings (SSSR count). The third-order valence-electron chi connectivity index (χ3n) is 4.34. The van der Waals surface area contributed by atoms with Gasteiger partial charge in [-0.2, -0.15) is 4.31 Å². The Labute approximate surface area is 143 Å². The molecule has 1 unspecified atom stereocenters. The predicted octanol–water partition coefficient (Wildman–Crippen LogP) is 1.95. The van der Waals surface area contributed by atoms with Gasteiger partial charge in [0.1, 0.15) is 10.6 Å². The summed E-state index contributed by atoms with van der Waals surface area (Å²) in [5.74, 6) is -0.689. The van der Waals surface area contributed by atoms with E-state index in [1.807, 2.05) is 14.0 Å². The van der Waals surface area contributed by atoms with Crippen LogP contribution in [0.25, 0.3) is 0 Å². The van der Waals surface area contributed by atoms with Crippen LogP contribution in [0.3, 0.4) is 0 Å². The molecular formula is C16H25FN2O4S. The minimum atomic E-state index is -3.87. The molecule has 0 aromatic heterocycles. The van der Waals surface area contributed by atoms with Crippen LogP contribution in [-0.4, -0.2) is 64.6 Å². The van der Waals surface area contributed by atoms with Gasteiger partial charge in [-0.15, -0.1) is 0 Å². The minimum absolute atomic E-state index is 0.0477. The van der Waals surface area contributed by atoms with Gasteiger partial charge in [-0.25, -0.2) is 12.8 Å². The number of hydrogen-bond donors (Lipinski definition) is 0. The van der Waals surface area contributed by atoms with Crippen LogP contribution in [0.1, 0.15) is 19.8 Å². The lowest BCUT2D eigenvalue weighted by Crippen LogP contribution is -2.43. The number of nitrogens with zero attached hydrogens (tertiary/aromatic N) is 2. The highest BCUT2D eigenvalue weighted by Gasteiger charge is 2.35. The van der Waals surface area contributed by atoms with E-state index in [4.69, 9.17) is 9.47 Å². The van der Waals surface area contributed by atoms with Crippen LogP contribution in [0.2, 0.25) is 0 Å². The quantitative estimate of drug-likeness (QED) is 0.803. The SMILES string of the molecule is CCC1CN(C)CCCN1S(=O)(=O)c1cc(F)c(OC)cc1OC. The Morgan fingerprint density at radius 2 is 1.88 bits per heavy atom. The summed E-state index contributed by atoms with van der Waals surface area (Å²) < 4.78 is 52.0. The van der Waals surface area contributed by atoms with Crippen molar-refractivity contribution in [1.29, 1.82) is 0 Å². The fraction of sp³-hybridized carbons (Fsp3) is 0.625. The van der Waals surface area contributed by atoms with E-state index in [-0.39, 0.29) is 22.4 Å². The van der Waals surface area contributed by atoms with Crippen LogP contribution in [0.4, 0.5) is 4.39 Å². The average Bonchev–Trinajstić information content (AvgIpc) is 2.76. The van der Waals surface area contributed by atoms with Gasteiger partial charge in [-0.05, 0) is 26.4 Å². The molecule has 0 amide bonds. The van der Waals surface area contributed by atoms with Crippen molar-refractivity contribution in [2.24, 2.45) is 0 Å². The molecule has 1 saturated heterocycles. The third kappa shape index (κ3) is 3.65. The molecule has 136 valence electrons. The number of methoxy groups -OCH3 is 2. The maximum absolute atomic E-state index is 14.1. The standard InChI is InChI=1S/C16H25FN2O4S/c1-5-12-11-18(2)7-6-8-19(12)24(20,21)16-9-13(17)14(22-3)10-15(16)23-4/h9-10,12H,5-8,11H2,1-4H3. The van der Waals surface area contributed by atoms with Gasteiger partial charge in [0.2, 0.25) is 10.0 Å². The monoisotopic (exact) mass is 360 g/mol. The van der Waals surface area contributed by atoms with Gasteiger partial charge < -0.3 is 14.4 Å². The maximum atomic E-state index is 14.1. The number of rotatable bonds is 5. The zero-order valence-electron chi connectivity index (χ0n) is 14.6. The molecule has 0 bridgehead atoms.